The summed E-state index contributed by atoms with van der Waals surface area (Å²) >= 11 is 0. The Morgan fingerprint density at radius 1 is 1.37 bits per heavy atom. The maximum absolute atomic E-state index is 12.5. The number of anilines is 1. The highest BCUT2D eigenvalue weighted by molar-refractivity contribution is 5.41. The molecule has 0 saturated heterocycles. The smallest absolute Gasteiger partial charge is 0.348 e. The van der Waals surface area contributed by atoms with E-state index in [0.29, 0.717) is 18.4 Å². The number of rotatable bonds is 6. The molecule has 1 aromatic heterocycles. The van der Waals surface area contributed by atoms with E-state index in [-0.39, 0.29) is 6.54 Å². The van der Waals surface area contributed by atoms with Gasteiger partial charge in [-0.1, -0.05) is 13.8 Å². The number of nitrogens with zero attached hydrogens (tertiary/aromatic N) is 2. The first-order valence-electron chi connectivity index (χ1n) is 6.32. The van der Waals surface area contributed by atoms with Crippen LogP contribution < -0.4 is 10.2 Å². The SMILES string of the molecule is CCN(CC(F)(F)F)c1cc(CNC(C)C)ccn1. The van der Waals surface area contributed by atoms with Crippen LogP contribution >= 0.6 is 0 Å². The van der Waals surface area contributed by atoms with Crippen LogP contribution in [0.2, 0.25) is 0 Å². The molecule has 3 nitrogen and oxygen atoms in total. The van der Waals surface area contributed by atoms with Gasteiger partial charge in [-0.25, -0.2) is 4.98 Å². The zero-order valence-electron chi connectivity index (χ0n) is 11.5. The summed E-state index contributed by atoms with van der Waals surface area (Å²) in [6.07, 6.45) is -2.67. The van der Waals surface area contributed by atoms with E-state index in [1.807, 2.05) is 13.8 Å². The molecule has 0 aliphatic heterocycles. The molecule has 0 aliphatic rings. The van der Waals surface area contributed by atoms with E-state index < -0.39 is 12.7 Å². The van der Waals surface area contributed by atoms with Gasteiger partial charge in [-0.15, -0.1) is 0 Å². The van der Waals surface area contributed by atoms with Crippen molar-refractivity contribution in [3.05, 3.63) is 23.9 Å². The van der Waals surface area contributed by atoms with Gasteiger partial charge in [-0.05, 0) is 24.6 Å². The van der Waals surface area contributed by atoms with E-state index >= 15 is 0 Å². The van der Waals surface area contributed by atoms with Gasteiger partial charge in [0.15, 0.2) is 0 Å². The molecule has 0 atom stereocenters. The highest BCUT2D eigenvalue weighted by Crippen LogP contribution is 2.21. The molecule has 0 saturated carbocycles. The van der Waals surface area contributed by atoms with Crippen LogP contribution in [0.15, 0.2) is 18.3 Å². The molecule has 0 aromatic carbocycles. The summed E-state index contributed by atoms with van der Waals surface area (Å²) in [5.74, 6) is 0.364. The third-order valence-corrected chi connectivity index (χ3v) is 2.60. The number of aromatic nitrogens is 1. The molecule has 0 aliphatic carbocycles. The predicted molar refractivity (Wildman–Crippen MR) is 70.2 cm³/mol. The van der Waals surface area contributed by atoms with Crippen LogP contribution in [0.5, 0.6) is 0 Å². The predicted octanol–water partition coefficient (Wildman–Crippen LogP) is 2.97. The Kier molecular flexibility index (Phi) is 5.60. The van der Waals surface area contributed by atoms with Crippen molar-refractivity contribution in [2.75, 3.05) is 18.0 Å². The first kappa shape index (κ1) is 15.8. The molecular weight excluding hydrogens is 255 g/mol. The van der Waals surface area contributed by atoms with E-state index in [1.165, 1.54) is 4.90 Å². The molecule has 19 heavy (non-hydrogen) atoms. The topological polar surface area (TPSA) is 28.2 Å². The molecule has 1 N–H and O–H groups in total. The molecule has 0 spiro atoms. The van der Waals surface area contributed by atoms with Gasteiger partial charge < -0.3 is 10.2 Å². The first-order valence-corrected chi connectivity index (χ1v) is 6.32. The van der Waals surface area contributed by atoms with Gasteiger partial charge in [0.1, 0.15) is 12.4 Å². The van der Waals surface area contributed by atoms with Crippen molar-refractivity contribution in [2.45, 2.75) is 39.5 Å². The van der Waals surface area contributed by atoms with Crippen molar-refractivity contribution in [3.63, 3.8) is 0 Å². The highest BCUT2D eigenvalue weighted by atomic mass is 19.4. The van der Waals surface area contributed by atoms with Gasteiger partial charge in [-0.2, -0.15) is 13.2 Å². The van der Waals surface area contributed by atoms with Crippen molar-refractivity contribution in [1.82, 2.24) is 10.3 Å². The lowest BCUT2D eigenvalue weighted by molar-refractivity contribution is -0.119. The fourth-order valence-electron chi connectivity index (χ4n) is 1.64. The Hall–Kier alpha value is -1.30. The minimum Gasteiger partial charge on any atom is -0.348 e. The number of nitrogens with one attached hydrogen (secondary N) is 1. The molecule has 0 bridgehead atoms. The lowest BCUT2D eigenvalue weighted by Gasteiger charge is -2.23. The number of hydrogen-bond acceptors (Lipinski definition) is 3. The summed E-state index contributed by atoms with van der Waals surface area (Å²) in [4.78, 5) is 5.24. The van der Waals surface area contributed by atoms with Crippen molar-refractivity contribution in [2.24, 2.45) is 0 Å². The summed E-state index contributed by atoms with van der Waals surface area (Å²) in [7, 11) is 0. The summed E-state index contributed by atoms with van der Waals surface area (Å²) in [5.41, 5.74) is 0.930. The van der Waals surface area contributed by atoms with Crippen molar-refractivity contribution >= 4 is 5.82 Å². The van der Waals surface area contributed by atoms with E-state index in [0.717, 1.165) is 5.56 Å². The van der Waals surface area contributed by atoms with Crippen molar-refractivity contribution in [1.29, 1.82) is 0 Å². The minimum atomic E-state index is -4.22. The van der Waals surface area contributed by atoms with Crippen LogP contribution in [-0.2, 0) is 6.54 Å². The van der Waals surface area contributed by atoms with Gasteiger partial charge in [0.25, 0.3) is 0 Å². The van der Waals surface area contributed by atoms with Crippen LogP contribution in [-0.4, -0.2) is 30.3 Å². The van der Waals surface area contributed by atoms with Crippen LogP contribution in [0.3, 0.4) is 0 Å². The van der Waals surface area contributed by atoms with E-state index in [2.05, 4.69) is 10.3 Å². The van der Waals surface area contributed by atoms with Crippen LogP contribution in [0.25, 0.3) is 0 Å². The van der Waals surface area contributed by atoms with Gasteiger partial charge in [0.2, 0.25) is 0 Å². The first-order chi connectivity index (χ1) is 8.81. The van der Waals surface area contributed by atoms with Crippen molar-refractivity contribution in [3.8, 4) is 0 Å². The second kappa shape index (κ2) is 6.75. The average Bonchev–Trinajstić information content (AvgIpc) is 2.32. The molecule has 1 heterocycles. The van der Waals surface area contributed by atoms with Crippen LogP contribution in [0.1, 0.15) is 26.3 Å². The zero-order chi connectivity index (χ0) is 14.5. The molecule has 0 unspecified atom stereocenters. The summed E-state index contributed by atoms with van der Waals surface area (Å²) in [6, 6.07) is 3.83. The van der Waals surface area contributed by atoms with Gasteiger partial charge in [-0.3, -0.25) is 0 Å². The fourth-order valence-corrected chi connectivity index (χ4v) is 1.64. The van der Waals surface area contributed by atoms with Crippen molar-refractivity contribution < 1.29 is 13.2 Å². The molecular formula is C13H20F3N3. The Balaban J connectivity index is 2.78. The molecule has 0 radical (unpaired) electrons. The molecule has 1 aromatic rings. The molecule has 0 fully saturated rings. The third kappa shape index (κ3) is 5.92. The number of hydrogen-bond donors (Lipinski definition) is 1. The summed E-state index contributed by atoms with van der Waals surface area (Å²) in [5, 5.41) is 3.23. The lowest BCUT2D eigenvalue weighted by atomic mass is 10.2. The Morgan fingerprint density at radius 2 is 2.05 bits per heavy atom. The summed E-state index contributed by atoms with van der Waals surface area (Å²) < 4.78 is 37.4. The Bertz CT molecular complexity index is 391. The lowest BCUT2D eigenvalue weighted by Crippen LogP contribution is -2.34. The van der Waals surface area contributed by atoms with Gasteiger partial charge in [0.05, 0.1) is 0 Å². The van der Waals surface area contributed by atoms with Crippen LogP contribution in [0, 0.1) is 0 Å². The standard InChI is InChI=1S/C13H20F3N3/c1-4-19(9-13(14,15)16)12-7-11(5-6-17-12)8-18-10(2)3/h5-7,10,18H,4,8-9H2,1-3H3. The Labute approximate surface area is 111 Å². The average molecular weight is 275 g/mol. The minimum absolute atomic E-state index is 0.271. The van der Waals surface area contributed by atoms with E-state index in [9.17, 15) is 13.2 Å². The maximum atomic E-state index is 12.5. The highest BCUT2D eigenvalue weighted by Gasteiger charge is 2.30. The maximum Gasteiger partial charge on any atom is 0.405 e. The summed E-state index contributed by atoms with van der Waals surface area (Å²) in [6.45, 7) is 5.64. The number of halogens is 3. The van der Waals surface area contributed by atoms with Gasteiger partial charge >= 0.3 is 6.18 Å². The molecule has 6 heteroatoms. The largest absolute Gasteiger partial charge is 0.405 e. The second-order valence-corrected chi connectivity index (χ2v) is 4.69. The number of pyridine rings is 1. The zero-order valence-corrected chi connectivity index (χ0v) is 11.5. The van der Waals surface area contributed by atoms with E-state index in [4.69, 9.17) is 0 Å². The molecule has 1 rings (SSSR count). The number of alkyl halides is 3. The van der Waals surface area contributed by atoms with Gasteiger partial charge in [0, 0.05) is 25.3 Å². The second-order valence-electron chi connectivity index (χ2n) is 4.69. The molecule has 108 valence electrons. The molecule has 0 amide bonds. The Morgan fingerprint density at radius 3 is 2.58 bits per heavy atom. The fraction of sp³-hybridized carbons (Fsp3) is 0.615. The van der Waals surface area contributed by atoms with E-state index in [1.54, 1.807) is 25.3 Å². The normalized spacial score (nSPS) is 11.9. The van der Waals surface area contributed by atoms with Crippen LogP contribution in [0.4, 0.5) is 19.0 Å². The third-order valence-electron chi connectivity index (χ3n) is 2.60. The monoisotopic (exact) mass is 275 g/mol. The quantitative estimate of drug-likeness (QED) is 0.865.